The van der Waals surface area contributed by atoms with Gasteiger partial charge < -0.3 is 4.57 Å². The second-order valence-corrected chi connectivity index (χ2v) is 9.03. The van der Waals surface area contributed by atoms with Crippen LogP contribution in [0.1, 0.15) is 57.9 Å². The molecule has 0 amide bonds. The summed E-state index contributed by atoms with van der Waals surface area (Å²) in [6.07, 6.45) is 11.5. The number of para-hydroxylation sites is 1. The fourth-order valence-electron chi connectivity index (χ4n) is 5.31. The van der Waals surface area contributed by atoms with Gasteiger partial charge in [-0.3, -0.25) is 4.98 Å². The minimum Gasteiger partial charge on any atom is -0.342 e. The molecular weight excluding hydrogens is 328 g/mol. The van der Waals surface area contributed by atoms with Gasteiger partial charge in [0.15, 0.2) is 0 Å². The van der Waals surface area contributed by atoms with Gasteiger partial charge in [-0.1, -0.05) is 51.3 Å². The average molecular weight is 361 g/mol. The van der Waals surface area contributed by atoms with E-state index in [9.17, 15) is 0 Å². The Bertz CT molecular complexity index is 913. The van der Waals surface area contributed by atoms with Crippen molar-refractivity contribution in [3.8, 4) is 11.4 Å². The highest BCUT2D eigenvalue weighted by Crippen LogP contribution is 2.44. The molecule has 0 saturated heterocycles. The van der Waals surface area contributed by atoms with Crippen LogP contribution < -0.4 is 0 Å². The van der Waals surface area contributed by atoms with Gasteiger partial charge in [0, 0.05) is 24.1 Å². The second-order valence-electron chi connectivity index (χ2n) is 9.03. The van der Waals surface area contributed by atoms with E-state index in [4.69, 9.17) is 4.98 Å². The molecule has 1 saturated carbocycles. The van der Waals surface area contributed by atoms with Crippen LogP contribution in [0.15, 0.2) is 48.7 Å². The number of fused-ring (bicyclic) bond motifs is 1. The molecule has 4 rings (SSSR count). The minimum atomic E-state index is 0.490. The van der Waals surface area contributed by atoms with Gasteiger partial charge in [0.2, 0.25) is 0 Å². The molecule has 0 atom stereocenters. The number of pyridine rings is 1. The lowest BCUT2D eigenvalue weighted by molar-refractivity contribution is 0.149. The Kier molecular flexibility index (Phi) is 5.08. The predicted octanol–water partition coefficient (Wildman–Crippen LogP) is 6.78. The number of hydrogen-bond donors (Lipinski definition) is 0. The summed E-state index contributed by atoms with van der Waals surface area (Å²) >= 11 is 0. The molecule has 3 aromatic rings. The topological polar surface area (TPSA) is 17.8 Å². The summed E-state index contributed by atoms with van der Waals surface area (Å²) in [5.41, 5.74) is 5.52. The molecule has 2 aromatic heterocycles. The summed E-state index contributed by atoms with van der Waals surface area (Å²) < 4.78 is 2.27. The maximum Gasteiger partial charge on any atom is 0.0869 e. The maximum absolute atomic E-state index is 4.72. The predicted molar refractivity (Wildman–Crippen MR) is 115 cm³/mol. The van der Waals surface area contributed by atoms with E-state index in [0.29, 0.717) is 5.41 Å². The molecule has 0 aliphatic heterocycles. The monoisotopic (exact) mass is 360 g/mol. The largest absolute Gasteiger partial charge is 0.342 e. The zero-order valence-electron chi connectivity index (χ0n) is 17.0. The van der Waals surface area contributed by atoms with E-state index < -0.39 is 0 Å². The van der Waals surface area contributed by atoms with Crippen molar-refractivity contribution in [2.24, 2.45) is 18.4 Å². The Hall–Kier alpha value is -2.09. The number of aromatic nitrogens is 2. The lowest BCUT2D eigenvalue weighted by Gasteiger charge is -2.39. The quantitative estimate of drug-likeness (QED) is 0.490. The van der Waals surface area contributed by atoms with Crippen molar-refractivity contribution in [2.75, 3.05) is 0 Å². The molecule has 2 heteroatoms. The number of aryl methyl sites for hydroxylation is 1. The van der Waals surface area contributed by atoms with Gasteiger partial charge in [0.1, 0.15) is 0 Å². The van der Waals surface area contributed by atoms with Crippen molar-refractivity contribution in [3.05, 3.63) is 54.2 Å². The zero-order valence-corrected chi connectivity index (χ0v) is 17.0. The lowest BCUT2D eigenvalue weighted by atomic mass is 9.66. The molecule has 27 heavy (non-hydrogen) atoms. The zero-order chi connectivity index (χ0) is 18.9. The Morgan fingerprint density at radius 2 is 1.81 bits per heavy atom. The fourth-order valence-corrected chi connectivity index (χ4v) is 5.31. The molecule has 1 aliphatic carbocycles. The Morgan fingerprint density at radius 1 is 1.04 bits per heavy atom. The number of hydrogen-bond acceptors (Lipinski definition) is 1. The van der Waals surface area contributed by atoms with E-state index in [1.807, 2.05) is 6.20 Å². The van der Waals surface area contributed by atoms with Crippen molar-refractivity contribution in [1.29, 1.82) is 0 Å². The van der Waals surface area contributed by atoms with Gasteiger partial charge >= 0.3 is 0 Å². The molecule has 0 N–H and O–H groups in total. The molecule has 1 fully saturated rings. The molecule has 2 nitrogen and oxygen atoms in total. The van der Waals surface area contributed by atoms with Crippen molar-refractivity contribution >= 4 is 10.9 Å². The summed E-state index contributed by atoms with van der Waals surface area (Å²) in [5, 5.41) is 1.28. The molecule has 1 aliphatic rings. The van der Waals surface area contributed by atoms with Crippen molar-refractivity contribution in [3.63, 3.8) is 0 Å². The van der Waals surface area contributed by atoms with E-state index in [0.717, 1.165) is 11.6 Å². The van der Waals surface area contributed by atoms with Gasteiger partial charge in [-0.2, -0.15) is 0 Å². The summed E-state index contributed by atoms with van der Waals surface area (Å²) in [4.78, 5) is 4.72. The lowest BCUT2D eigenvalue weighted by Crippen LogP contribution is -2.28. The first kappa shape index (κ1) is 18.3. The van der Waals surface area contributed by atoms with E-state index in [-0.39, 0.29) is 0 Å². The van der Waals surface area contributed by atoms with Crippen LogP contribution in [-0.2, 0) is 13.5 Å². The van der Waals surface area contributed by atoms with E-state index in [2.05, 4.69) is 67.9 Å². The smallest absolute Gasteiger partial charge is 0.0869 e. The van der Waals surface area contributed by atoms with Crippen LogP contribution in [-0.4, -0.2) is 9.55 Å². The van der Waals surface area contributed by atoms with Crippen LogP contribution in [0.5, 0.6) is 0 Å². The molecular formula is C25H32N2. The minimum absolute atomic E-state index is 0.490. The highest BCUT2D eigenvalue weighted by molar-refractivity contribution is 5.86. The van der Waals surface area contributed by atoms with Crippen molar-refractivity contribution in [1.82, 2.24) is 9.55 Å². The number of rotatable bonds is 5. The molecule has 1 aromatic carbocycles. The first-order valence-corrected chi connectivity index (χ1v) is 10.6. The molecule has 0 bridgehead atoms. The van der Waals surface area contributed by atoms with Crippen LogP contribution in [0.3, 0.4) is 0 Å². The summed E-state index contributed by atoms with van der Waals surface area (Å²) in [6.45, 7) is 4.76. The molecule has 2 heterocycles. The Balaban J connectivity index is 1.66. The first-order chi connectivity index (χ1) is 13.1. The molecule has 142 valence electrons. The SMILES string of the molecule is CC(C)CC1(Cc2ccnc(-c3cc4ccccc4n3C)c2)CCCCC1. The Morgan fingerprint density at radius 3 is 2.56 bits per heavy atom. The third-order valence-corrected chi connectivity index (χ3v) is 6.37. The Labute approximate surface area is 163 Å². The fraction of sp³-hybridized carbons (Fsp3) is 0.480. The summed E-state index contributed by atoms with van der Waals surface area (Å²) in [5.74, 6) is 0.766. The number of nitrogens with zero attached hydrogens (tertiary/aromatic N) is 2. The molecule has 0 radical (unpaired) electrons. The number of benzene rings is 1. The first-order valence-electron chi connectivity index (χ1n) is 10.6. The van der Waals surface area contributed by atoms with Gasteiger partial charge in [-0.05, 0) is 66.8 Å². The van der Waals surface area contributed by atoms with Crippen LogP contribution in [0.25, 0.3) is 22.3 Å². The van der Waals surface area contributed by atoms with Crippen molar-refractivity contribution < 1.29 is 0 Å². The highest BCUT2D eigenvalue weighted by Gasteiger charge is 2.32. The van der Waals surface area contributed by atoms with Crippen LogP contribution >= 0.6 is 0 Å². The van der Waals surface area contributed by atoms with E-state index >= 15 is 0 Å². The van der Waals surface area contributed by atoms with Gasteiger partial charge in [0.05, 0.1) is 11.4 Å². The standard InChI is InChI=1S/C25H32N2/c1-19(2)17-25(12-7-4-8-13-25)18-20-11-14-26-22(15-20)24-16-21-9-5-6-10-23(21)27(24)3/h5-6,9-11,14-16,19H,4,7-8,12-13,17-18H2,1-3H3. The van der Waals surface area contributed by atoms with Crippen LogP contribution in [0, 0.1) is 11.3 Å². The maximum atomic E-state index is 4.72. The summed E-state index contributed by atoms with van der Waals surface area (Å²) in [6, 6.07) is 15.4. The van der Waals surface area contributed by atoms with Crippen LogP contribution in [0.4, 0.5) is 0 Å². The highest BCUT2D eigenvalue weighted by atomic mass is 15.0. The molecule has 0 spiro atoms. The molecule has 0 unspecified atom stereocenters. The van der Waals surface area contributed by atoms with Gasteiger partial charge in [-0.25, -0.2) is 0 Å². The van der Waals surface area contributed by atoms with Gasteiger partial charge in [-0.15, -0.1) is 0 Å². The van der Waals surface area contributed by atoms with Gasteiger partial charge in [0.25, 0.3) is 0 Å². The normalized spacial score (nSPS) is 16.9. The third kappa shape index (κ3) is 3.81. The third-order valence-electron chi connectivity index (χ3n) is 6.37. The average Bonchev–Trinajstić information content (AvgIpc) is 2.99. The second kappa shape index (κ2) is 7.50. The summed E-state index contributed by atoms with van der Waals surface area (Å²) in [7, 11) is 2.15. The van der Waals surface area contributed by atoms with Crippen molar-refractivity contribution in [2.45, 2.75) is 58.8 Å². The van der Waals surface area contributed by atoms with Crippen LogP contribution in [0.2, 0.25) is 0 Å². The van der Waals surface area contributed by atoms with E-state index in [1.54, 1.807) is 0 Å². The van der Waals surface area contributed by atoms with E-state index in [1.165, 1.54) is 67.1 Å².